The highest BCUT2D eigenvalue weighted by molar-refractivity contribution is 7.12. The number of carboxylic acid groups (broad SMARTS) is 1. The zero-order valence-electron chi connectivity index (χ0n) is 10.8. The van der Waals surface area contributed by atoms with E-state index in [2.05, 4.69) is 5.32 Å². The fraction of sp³-hybridized carbons (Fsp3) is 0.0769. The van der Waals surface area contributed by atoms with Gasteiger partial charge in [-0.2, -0.15) is 0 Å². The molecule has 1 aromatic heterocycles. The lowest BCUT2D eigenvalue weighted by molar-refractivity contribution is -0.384. The minimum atomic E-state index is -1.39. The fourth-order valence-corrected chi connectivity index (χ4v) is 2.53. The summed E-state index contributed by atoms with van der Waals surface area (Å²) in [6, 6.07) is 5.17. The van der Waals surface area contributed by atoms with Crippen molar-refractivity contribution < 1.29 is 19.6 Å². The zero-order chi connectivity index (χ0) is 15.6. The van der Waals surface area contributed by atoms with Gasteiger partial charge in [-0.1, -0.05) is 6.07 Å². The first-order valence-electron chi connectivity index (χ1n) is 5.75. The first-order valence-corrected chi connectivity index (χ1v) is 6.63. The lowest BCUT2D eigenvalue weighted by atomic mass is 10.1. The summed E-state index contributed by atoms with van der Waals surface area (Å²) in [7, 11) is 0. The van der Waals surface area contributed by atoms with Crippen molar-refractivity contribution in [3.05, 3.63) is 55.8 Å². The maximum Gasteiger partial charge on any atom is 0.270 e. The molecule has 0 aliphatic carbocycles. The molecule has 0 saturated heterocycles. The van der Waals surface area contributed by atoms with E-state index < -0.39 is 16.8 Å². The van der Waals surface area contributed by atoms with Gasteiger partial charge in [0.25, 0.3) is 11.6 Å². The maximum atomic E-state index is 12.1. The summed E-state index contributed by atoms with van der Waals surface area (Å²) in [6.45, 7) is 1.64. The van der Waals surface area contributed by atoms with Crippen molar-refractivity contribution >= 4 is 34.6 Å². The molecule has 0 spiro atoms. The van der Waals surface area contributed by atoms with E-state index in [1.165, 1.54) is 18.2 Å². The molecular weight excluding hydrogens is 296 g/mol. The summed E-state index contributed by atoms with van der Waals surface area (Å²) < 4.78 is 0. The Morgan fingerprint density at radius 3 is 2.67 bits per heavy atom. The van der Waals surface area contributed by atoms with E-state index in [9.17, 15) is 24.8 Å². The van der Waals surface area contributed by atoms with Gasteiger partial charge in [-0.15, -0.1) is 11.3 Å². The van der Waals surface area contributed by atoms with Crippen LogP contribution >= 0.6 is 11.3 Å². The standard InChI is InChI=1S/C13H10N2O5S/c1-7-6-21-11(13(17)18)10(7)14-12(16)8-3-2-4-9(5-8)15(19)20/h2-6H,1H3,(H,14,16)(H,17,18)/p-1. The second kappa shape index (κ2) is 5.71. The summed E-state index contributed by atoms with van der Waals surface area (Å²) in [4.78, 5) is 33.0. The number of benzene rings is 1. The van der Waals surface area contributed by atoms with Gasteiger partial charge in [-0.05, 0) is 23.9 Å². The van der Waals surface area contributed by atoms with Gasteiger partial charge in [0.15, 0.2) is 0 Å². The predicted octanol–water partition coefficient (Wildman–Crippen LogP) is 1.58. The highest BCUT2D eigenvalue weighted by Gasteiger charge is 2.16. The van der Waals surface area contributed by atoms with E-state index in [0.717, 1.165) is 17.4 Å². The Bertz CT molecular complexity index is 738. The third-order valence-electron chi connectivity index (χ3n) is 2.72. The van der Waals surface area contributed by atoms with Gasteiger partial charge < -0.3 is 15.2 Å². The number of non-ortho nitro benzene ring substituents is 1. The fourth-order valence-electron chi connectivity index (χ4n) is 1.70. The molecule has 7 nitrogen and oxygen atoms in total. The number of aromatic carboxylic acids is 1. The van der Waals surface area contributed by atoms with Gasteiger partial charge in [0, 0.05) is 17.7 Å². The molecule has 8 heteroatoms. The topological polar surface area (TPSA) is 112 Å². The number of rotatable bonds is 4. The van der Waals surface area contributed by atoms with Crippen molar-refractivity contribution in [1.29, 1.82) is 0 Å². The monoisotopic (exact) mass is 305 g/mol. The Kier molecular flexibility index (Phi) is 3.99. The number of carboxylic acids is 1. The number of carbonyl (C=O) groups is 2. The lowest BCUT2D eigenvalue weighted by Gasteiger charge is -2.08. The molecule has 0 radical (unpaired) electrons. The minimum Gasteiger partial charge on any atom is -0.544 e. The molecule has 1 N–H and O–H groups in total. The van der Waals surface area contributed by atoms with Crippen molar-refractivity contribution in [3.63, 3.8) is 0 Å². The Morgan fingerprint density at radius 1 is 1.33 bits per heavy atom. The van der Waals surface area contributed by atoms with Crippen LogP contribution < -0.4 is 10.4 Å². The maximum absolute atomic E-state index is 12.1. The number of anilines is 1. The quantitative estimate of drug-likeness (QED) is 0.680. The van der Waals surface area contributed by atoms with Crippen LogP contribution in [-0.2, 0) is 0 Å². The third-order valence-corrected chi connectivity index (χ3v) is 3.80. The van der Waals surface area contributed by atoms with Crippen LogP contribution in [0.2, 0.25) is 0 Å². The van der Waals surface area contributed by atoms with Crippen LogP contribution in [0.1, 0.15) is 25.6 Å². The van der Waals surface area contributed by atoms with E-state index in [0.29, 0.717) is 5.56 Å². The number of hydrogen-bond acceptors (Lipinski definition) is 6. The Morgan fingerprint density at radius 2 is 2.05 bits per heavy atom. The highest BCUT2D eigenvalue weighted by atomic mass is 32.1. The summed E-state index contributed by atoms with van der Waals surface area (Å²) in [5.74, 6) is -2.01. The molecule has 0 saturated carbocycles. The third kappa shape index (κ3) is 3.06. The zero-order valence-corrected chi connectivity index (χ0v) is 11.6. The average Bonchev–Trinajstić information content (AvgIpc) is 2.80. The molecule has 0 unspecified atom stereocenters. The molecule has 2 rings (SSSR count). The average molecular weight is 305 g/mol. The molecule has 1 aromatic carbocycles. The van der Waals surface area contributed by atoms with E-state index >= 15 is 0 Å². The molecule has 2 aromatic rings. The molecule has 0 aliphatic rings. The largest absolute Gasteiger partial charge is 0.544 e. The van der Waals surface area contributed by atoms with Gasteiger partial charge in [-0.25, -0.2) is 0 Å². The van der Waals surface area contributed by atoms with Gasteiger partial charge in [0.1, 0.15) is 0 Å². The van der Waals surface area contributed by atoms with Crippen LogP contribution in [0.4, 0.5) is 11.4 Å². The summed E-state index contributed by atoms with van der Waals surface area (Å²) in [5.41, 5.74) is 0.582. The van der Waals surface area contributed by atoms with Gasteiger partial charge in [0.2, 0.25) is 0 Å². The van der Waals surface area contributed by atoms with E-state index in [4.69, 9.17) is 0 Å². The normalized spacial score (nSPS) is 10.1. The molecule has 0 aliphatic heterocycles. The van der Waals surface area contributed by atoms with Crippen molar-refractivity contribution in [2.24, 2.45) is 0 Å². The smallest absolute Gasteiger partial charge is 0.270 e. The van der Waals surface area contributed by atoms with Crippen LogP contribution in [0.5, 0.6) is 0 Å². The molecule has 0 atom stereocenters. The molecule has 0 fully saturated rings. The number of nitrogens with zero attached hydrogens (tertiary/aromatic N) is 1. The first-order chi connectivity index (χ1) is 9.90. The minimum absolute atomic E-state index is 0.0686. The molecule has 1 heterocycles. The Hall–Kier alpha value is -2.74. The summed E-state index contributed by atoms with van der Waals surface area (Å²) in [5, 5.41) is 25.7. The second-order valence-corrected chi connectivity index (χ2v) is 5.05. The molecule has 1 amide bonds. The Labute approximate surface area is 123 Å². The van der Waals surface area contributed by atoms with Crippen molar-refractivity contribution in [2.75, 3.05) is 5.32 Å². The van der Waals surface area contributed by atoms with Crippen LogP contribution in [-0.4, -0.2) is 16.8 Å². The van der Waals surface area contributed by atoms with E-state index in [-0.39, 0.29) is 21.8 Å². The highest BCUT2D eigenvalue weighted by Crippen LogP contribution is 2.27. The van der Waals surface area contributed by atoms with E-state index in [1.807, 2.05) is 0 Å². The van der Waals surface area contributed by atoms with Crippen molar-refractivity contribution in [3.8, 4) is 0 Å². The van der Waals surface area contributed by atoms with Crippen LogP contribution in [0.15, 0.2) is 29.6 Å². The van der Waals surface area contributed by atoms with Crippen LogP contribution in [0.25, 0.3) is 0 Å². The molecular formula is C13H9N2O5S-. The molecule has 21 heavy (non-hydrogen) atoms. The van der Waals surface area contributed by atoms with Gasteiger partial charge in [-0.3, -0.25) is 14.9 Å². The Balaban J connectivity index is 2.30. The summed E-state index contributed by atoms with van der Waals surface area (Å²) >= 11 is 0.944. The number of aryl methyl sites for hydroxylation is 1. The SMILES string of the molecule is Cc1csc(C(=O)[O-])c1NC(=O)c1cccc([N+](=O)[O-])c1. The second-order valence-electron chi connectivity index (χ2n) is 4.17. The molecule has 0 bridgehead atoms. The number of amides is 1. The first kappa shape index (κ1) is 14.7. The van der Waals surface area contributed by atoms with Crippen LogP contribution in [0, 0.1) is 17.0 Å². The molecule has 108 valence electrons. The lowest BCUT2D eigenvalue weighted by Crippen LogP contribution is -2.23. The van der Waals surface area contributed by atoms with Gasteiger partial charge >= 0.3 is 0 Å². The van der Waals surface area contributed by atoms with Crippen molar-refractivity contribution in [2.45, 2.75) is 6.92 Å². The number of thiophene rings is 1. The number of nitrogens with one attached hydrogen (secondary N) is 1. The van der Waals surface area contributed by atoms with Crippen LogP contribution in [0.3, 0.4) is 0 Å². The van der Waals surface area contributed by atoms with Gasteiger partial charge in [0.05, 0.1) is 21.5 Å². The summed E-state index contributed by atoms with van der Waals surface area (Å²) in [6.07, 6.45) is 0. The number of nitro benzene ring substituents is 1. The number of carbonyl (C=O) groups excluding carboxylic acids is 2. The van der Waals surface area contributed by atoms with E-state index in [1.54, 1.807) is 12.3 Å². The number of hydrogen-bond donors (Lipinski definition) is 1. The number of nitro groups is 1. The van der Waals surface area contributed by atoms with Crippen molar-refractivity contribution in [1.82, 2.24) is 0 Å². The predicted molar refractivity (Wildman–Crippen MR) is 74.4 cm³/mol.